The molecule has 2 aromatic rings. The second kappa shape index (κ2) is 4.82. The fraction of sp³-hybridized carbons (Fsp3) is 0.231. The van der Waals surface area contributed by atoms with Crippen LogP contribution in [0.25, 0.3) is 5.69 Å². The molecule has 0 aliphatic heterocycles. The number of esters is 1. The van der Waals surface area contributed by atoms with Crippen molar-refractivity contribution in [2.75, 3.05) is 6.61 Å². The second-order valence-electron chi connectivity index (χ2n) is 3.64. The number of nitrogens with zero attached hydrogens (tertiary/aromatic N) is 2. The molecule has 1 aromatic carbocycles. The molecule has 0 spiro atoms. The normalized spacial score (nSPS) is 10.2. The molecule has 0 amide bonds. The van der Waals surface area contributed by atoms with Crippen molar-refractivity contribution in [2.45, 2.75) is 13.8 Å². The Balaban J connectivity index is 2.44. The topological polar surface area (TPSA) is 44.1 Å². The SMILES string of the molecule is CCOC(=O)c1cc(C)nn1-c1ccccc1. The molecule has 4 nitrogen and oxygen atoms in total. The van der Waals surface area contributed by atoms with E-state index in [0.29, 0.717) is 12.3 Å². The average molecular weight is 230 g/mol. The zero-order valence-electron chi connectivity index (χ0n) is 9.88. The van der Waals surface area contributed by atoms with E-state index >= 15 is 0 Å². The third-order valence-corrected chi connectivity index (χ3v) is 2.32. The molecule has 0 atom stereocenters. The molecule has 0 saturated heterocycles. The molecule has 0 saturated carbocycles. The summed E-state index contributed by atoms with van der Waals surface area (Å²) in [6.07, 6.45) is 0. The van der Waals surface area contributed by atoms with Crippen molar-refractivity contribution in [1.82, 2.24) is 9.78 Å². The van der Waals surface area contributed by atoms with Crippen LogP contribution in [0.5, 0.6) is 0 Å². The van der Waals surface area contributed by atoms with Gasteiger partial charge in [-0.15, -0.1) is 0 Å². The highest BCUT2D eigenvalue weighted by molar-refractivity contribution is 5.88. The minimum Gasteiger partial charge on any atom is -0.461 e. The van der Waals surface area contributed by atoms with Crippen LogP contribution in [-0.2, 0) is 4.74 Å². The standard InChI is InChI=1S/C13H14N2O2/c1-3-17-13(16)12-9-10(2)14-15(12)11-7-5-4-6-8-11/h4-9H,3H2,1-2H3. The summed E-state index contributed by atoms with van der Waals surface area (Å²) >= 11 is 0. The third-order valence-electron chi connectivity index (χ3n) is 2.32. The van der Waals surface area contributed by atoms with Gasteiger partial charge in [-0.25, -0.2) is 9.48 Å². The van der Waals surface area contributed by atoms with Crippen molar-refractivity contribution in [3.8, 4) is 5.69 Å². The van der Waals surface area contributed by atoms with Gasteiger partial charge in [-0.2, -0.15) is 5.10 Å². The van der Waals surface area contributed by atoms with E-state index in [9.17, 15) is 4.79 Å². The highest BCUT2D eigenvalue weighted by atomic mass is 16.5. The van der Waals surface area contributed by atoms with E-state index in [1.54, 1.807) is 17.7 Å². The van der Waals surface area contributed by atoms with Gasteiger partial charge in [-0.05, 0) is 32.0 Å². The summed E-state index contributed by atoms with van der Waals surface area (Å²) in [6, 6.07) is 11.3. The number of hydrogen-bond donors (Lipinski definition) is 0. The predicted octanol–water partition coefficient (Wildman–Crippen LogP) is 2.36. The summed E-state index contributed by atoms with van der Waals surface area (Å²) in [7, 11) is 0. The number of benzene rings is 1. The summed E-state index contributed by atoms with van der Waals surface area (Å²) in [6.45, 7) is 3.99. The Labute approximate surface area is 99.8 Å². The van der Waals surface area contributed by atoms with E-state index < -0.39 is 0 Å². The number of carbonyl (C=O) groups excluding carboxylic acids is 1. The molecule has 1 heterocycles. The van der Waals surface area contributed by atoms with Crippen LogP contribution in [0.15, 0.2) is 36.4 Å². The lowest BCUT2D eigenvalue weighted by Gasteiger charge is -2.06. The number of rotatable bonds is 3. The lowest BCUT2D eigenvalue weighted by molar-refractivity contribution is 0.0516. The Hall–Kier alpha value is -2.10. The van der Waals surface area contributed by atoms with Crippen LogP contribution in [0.1, 0.15) is 23.1 Å². The van der Waals surface area contributed by atoms with Crippen LogP contribution >= 0.6 is 0 Å². The predicted molar refractivity (Wildman–Crippen MR) is 64.3 cm³/mol. The van der Waals surface area contributed by atoms with Crippen molar-refractivity contribution in [3.63, 3.8) is 0 Å². The molecule has 17 heavy (non-hydrogen) atoms. The molecular weight excluding hydrogens is 216 g/mol. The number of carbonyl (C=O) groups is 1. The minimum absolute atomic E-state index is 0.350. The maximum atomic E-state index is 11.8. The smallest absolute Gasteiger partial charge is 0.357 e. The summed E-state index contributed by atoms with van der Waals surface area (Å²) < 4.78 is 6.61. The first-order chi connectivity index (χ1) is 8.22. The summed E-state index contributed by atoms with van der Waals surface area (Å²) in [5.41, 5.74) is 2.09. The molecule has 0 radical (unpaired) electrons. The van der Waals surface area contributed by atoms with Crippen LogP contribution in [0.4, 0.5) is 0 Å². The second-order valence-corrected chi connectivity index (χ2v) is 3.64. The summed E-state index contributed by atoms with van der Waals surface area (Å²) in [4.78, 5) is 11.8. The molecule has 0 aliphatic carbocycles. The van der Waals surface area contributed by atoms with Crippen molar-refractivity contribution < 1.29 is 9.53 Å². The number of para-hydroxylation sites is 1. The van der Waals surface area contributed by atoms with E-state index in [-0.39, 0.29) is 5.97 Å². The van der Waals surface area contributed by atoms with Gasteiger partial charge in [0, 0.05) is 0 Å². The van der Waals surface area contributed by atoms with E-state index in [0.717, 1.165) is 11.4 Å². The highest BCUT2D eigenvalue weighted by Crippen LogP contribution is 2.13. The Morgan fingerprint density at radius 2 is 2.06 bits per heavy atom. The van der Waals surface area contributed by atoms with Crippen molar-refractivity contribution in [2.24, 2.45) is 0 Å². The highest BCUT2D eigenvalue weighted by Gasteiger charge is 2.15. The molecule has 88 valence electrons. The van der Waals surface area contributed by atoms with Crippen LogP contribution in [0, 0.1) is 6.92 Å². The Bertz CT molecular complexity index is 517. The van der Waals surface area contributed by atoms with E-state index in [4.69, 9.17) is 4.74 Å². The van der Waals surface area contributed by atoms with Gasteiger partial charge in [-0.3, -0.25) is 0 Å². The Kier molecular flexibility index (Phi) is 3.23. The fourth-order valence-electron chi connectivity index (χ4n) is 1.62. The monoisotopic (exact) mass is 230 g/mol. The molecule has 2 rings (SSSR count). The van der Waals surface area contributed by atoms with Crippen LogP contribution in [-0.4, -0.2) is 22.4 Å². The van der Waals surface area contributed by atoms with Crippen molar-refractivity contribution in [1.29, 1.82) is 0 Å². The molecule has 0 bridgehead atoms. The molecule has 0 N–H and O–H groups in total. The van der Waals surface area contributed by atoms with Crippen LogP contribution in [0.3, 0.4) is 0 Å². The average Bonchev–Trinajstić information content (AvgIpc) is 2.73. The molecule has 0 unspecified atom stereocenters. The largest absolute Gasteiger partial charge is 0.461 e. The van der Waals surface area contributed by atoms with Gasteiger partial charge in [0.05, 0.1) is 18.0 Å². The zero-order chi connectivity index (χ0) is 12.3. The first kappa shape index (κ1) is 11.4. The zero-order valence-corrected chi connectivity index (χ0v) is 9.88. The van der Waals surface area contributed by atoms with E-state index in [2.05, 4.69) is 5.10 Å². The number of ether oxygens (including phenoxy) is 1. The van der Waals surface area contributed by atoms with Gasteiger partial charge in [-0.1, -0.05) is 18.2 Å². The van der Waals surface area contributed by atoms with E-state index in [1.807, 2.05) is 37.3 Å². The number of aryl methyl sites for hydroxylation is 1. The fourth-order valence-corrected chi connectivity index (χ4v) is 1.62. The molecule has 0 fully saturated rings. The molecule has 0 aliphatic rings. The minimum atomic E-state index is -0.350. The summed E-state index contributed by atoms with van der Waals surface area (Å²) in [5.74, 6) is -0.350. The van der Waals surface area contributed by atoms with Gasteiger partial charge < -0.3 is 4.74 Å². The molecular formula is C13H14N2O2. The van der Waals surface area contributed by atoms with Gasteiger partial charge in [0.2, 0.25) is 0 Å². The lowest BCUT2D eigenvalue weighted by atomic mass is 10.3. The molecule has 1 aromatic heterocycles. The van der Waals surface area contributed by atoms with Crippen molar-refractivity contribution >= 4 is 5.97 Å². The first-order valence-corrected chi connectivity index (χ1v) is 5.51. The molecule has 4 heteroatoms. The van der Waals surface area contributed by atoms with Gasteiger partial charge >= 0.3 is 5.97 Å². The number of aromatic nitrogens is 2. The number of hydrogen-bond acceptors (Lipinski definition) is 3. The van der Waals surface area contributed by atoms with Gasteiger partial charge in [0.25, 0.3) is 0 Å². The van der Waals surface area contributed by atoms with Gasteiger partial charge in [0.1, 0.15) is 0 Å². The quantitative estimate of drug-likeness (QED) is 0.760. The first-order valence-electron chi connectivity index (χ1n) is 5.51. The lowest BCUT2D eigenvalue weighted by Crippen LogP contribution is -2.11. The van der Waals surface area contributed by atoms with Crippen LogP contribution < -0.4 is 0 Å². The summed E-state index contributed by atoms with van der Waals surface area (Å²) in [5, 5.41) is 4.30. The maximum Gasteiger partial charge on any atom is 0.357 e. The Morgan fingerprint density at radius 3 is 2.71 bits per heavy atom. The maximum absolute atomic E-state index is 11.8. The van der Waals surface area contributed by atoms with Gasteiger partial charge in [0.15, 0.2) is 5.69 Å². The van der Waals surface area contributed by atoms with Crippen LogP contribution in [0.2, 0.25) is 0 Å². The van der Waals surface area contributed by atoms with E-state index in [1.165, 1.54) is 0 Å². The van der Waals surface area contributed by atoms with Crippen molar-refractivity contribution in [3.05, 3.63) is 47.8 Å². The third kappa shape index (κ3) is 2.36. The Morgan fingerprint density at radius 1 is 1.35 bits per heavy atom.